The Balaban J connectivity index is 1.64. The van der Waals surface area contributed by atoms with E-state index in [1.54, 1.807) is 0 Å². The standard InChI is InChI=1S/C30H24BrN3O4/c31-21-12-14-24-23(17-21)28(20-9-5-2-6-10-20)29(30(38)32-24)25-18-22(13-11-19-7-3-1-4-8-19)34(33-25)26(35)15-16-27(36)37/h1-14,17,22H,15-16,18H2,(H,32,38)(H,36,37)/b13-11-/t22-/m1/s1. The third-order valence-electron chi connectivity index (χ3n) is 6.39. The van der Waals surface area contributed by atoms with E-state index < -0.39 is 17.9 Å². The molecule has 0 spiro atoms. The number of nitrogens with zero attached hydrogens (tertiary/aromatic N) is 2. The van der Waals surface area contributed by atoms with Crippen molar-refractivity contribution in [2.24, 2.45) is 5.10 Å². The Morgan fingerprint density at radius 2 is 1.71 bits per heavy atom. The lowest BCUT2D eigenvalue weighted by Crippen LogP contribution is -2.31. The second-order valence-corrected chi connectivity index (χ2v) is 9.90. The monoisotopic (exact) mass is 569 g/mol. The van der Waals surface area contributed by atoms with Crippen molar-refractivity contribution in [2.75, 3.05) is 0 Å². The highest BCUT2D eigenvalue weighted by Gasteiger charge is 2.33. The molecule has 0 unspecified atom stereocenters. The molecule has 38 heavy (non-hydrogen) atoms. The summed E-state index contributed by atoms with van der Waals surface area (Å²) in [6.07, 6.45) is 3.60. The molecule has 0 saturated heterocycles. The van der Waals surface area contributed by atoms with Crippen LogP contribution in [0.15, 0.2) is 99.3 Å². The number of benzene rings is 3. The lowest BCUT2D eigenvalue weighted by atomic mass is 9.92. The predicted molar refractivity (Wildman–Crippen MR) is 152 cm³/mol. The van der Waals surface area contributed by atoms with Crippen molar-refractivity contribution >= 4 is 50.5 Å². The molecule has 1 aliphatic rings. The number of rotatable bonds is 7. The number of halogens is 1. The van der Waals surface area contributed by atoms with E-state index in [1.807, 2.05) is 91.0 Å². The summed E-state index contributed by atoms with van der Waals surface area (Å²) >= 11 is 3.54. The van der Waals surface area contributed by atoms with Gasteiger partial charge in [0.2, 0.25) is 5.91 Å². The van der Waals surface area contributed by atoms with E-state index in [1.165, 1.54) is 5.01 Å². The first-order valence-electron chi connectivity index (χ1n) is 12.2. The first-order valence-corrected chi connectivity index (χ1v) is 13.0. The molecule has 3 aromatic carbocycles. The number of hydrogen-bond acceptors (Lipinski definition) is 4. The fourth-order valence-electron chi connectivity index (χ4n) is 4.63. The number of carboxylic acids is 1. The smallest absolute Gasteiger partial charge is 0.303 e. The van der Waals surface area contributed by atoms with Crippen LogP contribution in [0.4, 0.5) is 0 Å². The van der Waals surface area contributed by atoms with Gasteiger partial charge in [0, 0.05) is 33.8 Å². The third kappa shape index (κ3) is 5.35. The summed E-state index contributed by atoms with van der Waals surface area (Å²) in [5.41, 5.74) is 3.79. The zero-order valence-corrected chi connectivity index (χ0v) is 21.9. The Hall–Kier alpha value is -4.30. The van der Waals surface area contributed by atoms with Gasteiger partial charge in [-0.25, -0.2) is 5.01 Å². The van der Waals surface area contributed by atoms with Crippen LogP contribution in [0.3, 0.4) is 0 Å². The lowest BCUT2D eigenvalue weighted by Gasteiger charge is -2.18. The number of hydrogen-bond donors (Lipinski definition) is 2. The van der Waals surface area contributed by atoms with Gasteiger partial charge in [0.1, 0.15) is 0 Å². The molecule has 2 heterocycles. The molecule has 0 bridgehead atoms. The molecule has 0 fully saturated rings. The number of amides is 1. The van der Waals surface area contributed by atoms with E-state index in [0.717, 1.165) is 26.5 Å². The van der Waals surface area contributed by atoms with Gasteiger partial charge in [-0.3, -0.25) is 14.4 Å². The summed E-state index contributed by atoms with van der Waals surface area (Å²) in [4.78, 5) is 40.7. The molecule has 2 N–H and O–H groups in total. The topological polar surface area (TPSA) is 103 Å². The van der Waals surface area contributed by atoms with Crippen molar-refractivity contribution in [3.63, 3.8) is 0 Å². The zero-order chi connectivity index (χ0) is 26.6. The van der Waals surface area contributed by atoms with Gasteiger partial charge < -0.3 is 10.1 Å². The number of carboxylic acid groups (broad SMARTS) is 1. The van der Waals surface area contributed by atoms with Crippen molar-refractivity contribution in [2.45, 2.75) is 25.3 Å². The summed E-state index contributed by atoms with van der Waals surface area (Å²) in [5.74, 6) is -1.47. The van der Waals surface area contributed by atoms with E-state index in [0.29, 0.717) is 23.2 Å². The maximum atomic E-state index is 13.5. The first kappa shape index (κ1) is 25.4. The Morgan fingerprint density at radius 3 is 2.42 bits per heavy atom. The largest absolute Gasteiger partial charge is 0.481 e. The van der Waals surface area contributed by atoms with Crippen molar-refractivity contribution in [1.82, 2.24) is 9.99 Å². The Labute approximate surface area is 227 Å². The van der Waals surface area contributed by atoms with Crippen molar-refractivity contribution in [3.8, 4) is 11.1 Å². The molecule has 0 saturated carbocycles. The first-order chi connectivity index (χ1) is 18.4. The number of aromatic nitrogens is 1. The minimum absolute atomic E-state index is 0.186. The summed E-state index contributed by atoms with van der Waals surface area (Å²) in [7, 11) is 0. The second kappa shape index (κ2) is 11.0. The highest BCUT2D eigenvalue weighted by atomic mass is 79.9. The van der Waals surface area contributed by atoms with Crippen molar-refractivity contribution in [3.05, 3.63) is 111 Å². The van der Waals surface area contributed by atoms with Crippen LogP contribution in [0.2, 0.25) is 0 Å². The summed E-state index contributed by atoms with van der Waals surface area (Å²) in [5, 5.41) is 15.9. The Morgan fingerprint density at radius 1 is 1.00 bits per heavy atom. The fourth-order valence-corrected chi connectivity index (χ4v) is 4.99. The van der Waals surface area contributed by atoms with Gasteiger partial charge in [-0.15, -0.1) is 0 Å². The van der Waals surface area contributed by atoms with Crippen LogP contribution in [0.25, 0.3) is 28.1 Å². The minimum atomic E-state index is -1.05. The molecule has 1 aromatic heterocycles. The highest BCUT2D eigenvalue weighted by Crippen LogP contribution is 2.34. The van der Waals surface area contributed by atoms with Crippen molar-refractivity contribution in [1.29, 1.82) is 0 Å². The van der Waals surface area contributed by atoms with Crippen molar-refractivity contribution < 1.29 is 14.7 Å². The zero-order valence-electron chi connectivity index (χ0n) is 20.3. The second-order valence-electron chi connectivity index (χ2n) is 8.98. The molecular weight excluding hydrogens is 546 g/mol. The van der Waals surface area contributed by atoms with Crippen LogP contribution in [0.1, 0.15) is 30.4 Å². The van der Waals surface area contributed by atoms with E-state index >= 15 is 0 Å². The molecule has 7 nitrogen and oxygen atoms in total. The lowest BCUT2D eigenvalue weighted by molar-refractivity contribution is -0.141. The molecule has 190 valence electrons. The average Bonchev–Trinajstić information content (AvgIpc) is 3.35. The summed E-state index contributed by atoms with van der Waals surface area (Å²) in [6.45, 7) is 0. The molecule has 8 heteroatoms. The number of carbonyl (C=O) groups is 2. The van der Waals surface area contributed by atoms with Gasteiger partial charge in [-0.1, -0.05) is 88.7 Å². The van der Waals surface area contributed by atoms with Crippen LogP contribution < -0.4 is 5.56 Å². The van der Waals surface area contributed by atoms with Crippen LogP contribution in [0.5, 0.6) is 0 Å². The van der Waals surface area contributed by atoms with E-state index in [9.17, 15) is 14.4 Å². The minimum Gasteiger partial charge on any atom is -0.481 e. The quantitative estimate of drug-likeness (QED) is 0.292. The van der Waals surface area contributed by atoms with Gasteiger partial charge in [0.15, 0.2) is 0 Å². The van der Waals surface area contributed by atoms with Crippen LogP contribution in [-0.2, 0) is 9.59 Å². The molecule has 4 aromatic rings. The van der Waals surface area contributed by atoms with E-state index in [2.05, 4.69) is 26.0 Å². The van der Waals surface area contributed by atoms with Crippen LogP contribution in [0, 0.1) is 0 Å². The normalized spacial score (nSPS) is 15.2. The molecule has 0 aliphatic carbocycles. The Bertz CT molecular complexity index is 1630. The number of H-pyrrole nitrogens is 1. The predicted octanol–water partition coefficient (Wildman–Crippen LogP) is 5.84. The maximum absolute atomic E-state index is 13.5. The molecule has 1 amide bonds. The summed E-state index contributed by atoms with van der Waals surface area (Å²) in [6, 6.07) is 24.5. The van der Waals surface area contributed by atoms with E-state index in [-0.39, 0.29) is 18.4 Å². The number of pyridine rings is 1. The van der Waals surface area contributed by atoms with E-state index in [4.69, 9.17) is 5.11 Å². The number of hydrazone groups is 1. The third-order valence-corrected chi connectivity index (χ3v) is 6.88. The fraction of sp³-hybridized carbons (Fsp3) is 0.133. The SMILES string of the molecule is O=C(O)CCC(=O)N1N=C(c2c(-c3ccccc3)c3cc(Br)ccc3[nH]c2=O)C[C@H]1/C=C\c1ccccc1. The number of fused-ring (bicyclic) bond motifs is 1. The van der Waals surface area contributed by atoms with Crippen LogP contribution >= 0.6 is 15.9 Å². The number of aromatic amines is 1. The molecular formula is C30H24BrN3O4. The number of nitrogens with one attached hydrogen (secondary N) is 1. The van der Waals surface area contributed by atoms with Gasteiger partial charge in [-0.05, 0) is 29.3 Å². The average molecular weight is 570 g/mol. The van der Waals surface area contributed by atoms with Gasteiger partial charge in [-0.2, -0.15) is 5.10 Å². The molecule has 0 radical (unpaired) electrons. The molecule has 5 rings (SSSR count). The van der Waals surface area contributed by atoms with Crippen LogP contribution in [-0.4, -0.2) is 38.7 Å². The van der Waals surface area contributed by atoms with Gasteiger partial charge >= 0.3 is 5.97 Å². The van der Waals surface area contributed by atoms with Gasteiger partial charge in [0.05, 0.1) is 23.7 Å². The maximum Gasteiger partial charge on any atom is 0.303 e. The summed E-state index contributed by atoms with van der Waals surface area (Å²) < 4.78 is 0.864. The molecule has 1 atom stereocenters. The van der Waals surface area contributed by atoms with Gasteiger partial charge in [0.25, 0.3) is 5.56 Å². The Kier molecular flexibility index (Phi) is 7.33. The number of carbonyl (C=O) groups excluding carboxylic acids is 1. The number of aliphatic carboxylic acids is 1. The molecule has 1 aliphatic heterocycles. The highest BCUT2D eigenvalue weighted by molar-refractivity contribution is 9.10.